The number of aromatic nitrogens is 3. The van der Waals surface area contributed by atoms with Gasteiger partial charge in [-0.15, -0.1) is 5.10 Å². The minimum Gasteiger partial charge on any atom is -0.497 e. The van der Waals surface area contributed by atoms with E-state index in [0.29, 0.717) is 18.7 Å². The Hall–Kier alpha value is -3.68. The summed E-state index contributed by atoms with van der Waals surface area (Å²) in [6.07, 6.45) is 3.15. The fourth-order valence-corrected chi connectivity index (χ4v) is 3.43. The Labute approximate surface area is 181 Å². The second-order valence-electron chi connectivity index (χ2n) is 7.44. The summed E-state index contributed by atoms with van der Waals surface area (Å²) in [5.41, 5.74) is 9.57. The SMILES string of the molecule is COc1ccc2c(c1)N(C)C(=O)CCC2.Cc1cccc(Cc2nc(C(N)=O)n[nH]2)c1. The zero-order chi connectivity index (χ0) is 22.4. The zero-order valence-electron chi connectivity index (χ0n) is 18.0. The standard InChI is InChI=1S/C12H15NO2.C11H12N4O/c1-13-11-8-10(15-2)7-6-9(11)4-3-5-12(13)14;1-7-3-2-4-8(5-7)6-9-13-11(10(12)16)15-14-9/h6-8H,3-5H2,1-2H3;2-5H,6H2,1H3,(H2,12,16)(H,13,14,15). The number of aromatic amines is 1. The third-order valence-corrected chi connectivity index (χ3v) is 5.07. The number of carbonyl (C=O) groups excluding carboxylic acids is 2. The molecule has 2 amide bonds. The van der Waals surface area contributed by atoms with Crippen LogP contribution in [0, 0.1) is 6.92 Å². The Morgan fingerprint density at radius 3 is 2.71 bits per heavy atom. The number of carbonyl (C=O) groups is 2. The first-order chi connectivity index (χ1) is 14.9. The molecule has 0 bridgehead atoms. The van der Waals surface area contributed by atoms with Crippen LogP contribution in [0.5, 0.6) is 5.75 Å². The molecule has 4 rings (SSSR count). The highest BCUT2D eigenvalue weighted by atomic mass is 16.5. The van der Waals surface area contributed by atoms with Crippen molar-refractivity contribution in [3.05, 3.63) is 70.8 Å². The highest BCUT2D eigenvalue weighted by Gasteiger charge is 2.19. The summed E-state index contributed by atoms with van der Waals surface area (Å²) in [6.45, 7) is 2.03. The van der Waals surface area contributed by atoms with Gasteiger partial charge in [-0.3, -0.25) is 14.7 Å². The number of amides is 2. The van der Waals surface area contributed by atoms with Crippen LogP contribution in [0.4, 0.5) is 5.69 Å². The molecule has 0 saturated heterocycles. The molecule has 2 heterocycles. The van der Waals surface area contributed by atoms with E-state index in [2.05, 4.69) is 21.2 Å². The zero-order valence-corrected chi connectivity index (χ0v) is 18.0. The highest BCUT2D eigenvalue weighted by Crippen LogP contribution is 2.29. The van der Waals surface area contributed by atoms with Crippen molar-refractivity contribution in [2.24, 2.45) is 5.73 Å². The molecule has 3 N–H and O–H groups in total. The lowest BCUT2D eigenvalue weighted by atomic mass is 10.1. The predicted molar refractivity (Wildman–Crippen MR) is 118 cm³/mol. The van der Waals surface area contributed by atoms with Gasteiger partial charge in [-0.05, 0) is 37.0 Å². The second-order valence-corrected chi connectivity index (χ2v) is 7.44. The molecule has 3 aromatic rings. The number of fused-ring (bicyclic) bond motifs is 1. The summed E-state index contributed by atoms with van der Waals surface area (Å²) >= 11 is 0. The van der Waals surface area contributed by atoms with Crippen molar-refractivity contribution < 1.29 is 14.3 Å². The molecule has 1 aromatic heterocycles. The van der Waals surface area contributed by atoms with E-state index in [1.165, 1.54) is 11.1 Å². The van der Waals surface area contributed by atoms with Gasteiger partial charge in [0.15, 0.2) is 0 Å². The molecular weight excluding hydrogens is 394 g/mol. The van der Waals surface area contributed by atoms with Gasteiger partial charge in [0.1, 0.15) is 11.6 Å². The van der Waals surface area contributed by atoms with Gasteiger partial charge in [-0.1, -0.05) is 35.9 Å². The predicted octanol–water partition coefficient (Wildman–Crippen LogP) is 2.80. The lowest BCUT2D eigenvalue weighted by Gasteiger charge is -2.18. The number of ether oxygens (including phenoxy) is 1. The summed E-state index contributed by atoms with van der Waals surface area (Å²) in [5.74, 6) is 1.03. The summed E-state index contributed by atoms with van der Waals surface area (Å²) < 4.78 is 5.17. The average Bonchev–Trinajstić information content (AvgIpc) is 3.17. The van der Waals surface area contributed by atoms with Gasteiger partial charge >= 0.3 is 0 Å². The van der Waals surface area contributed by atoms with Crippen LogP contribution in [0.1, 0.15) is 46.0 Å². The first kappa shape index (κ1) is 22.0. The van der Waals surface area contributed by atoms with E-state index >= 15 is 0 Å². The average molecular weight is 422 g/mol. The van der Waals surface area contributed by atoms with Gasteiger partial charge in [0.05, 0.1) is 12.8 Å². The number of nitrogens with two attached hydrogens (primary N) is 1. The van der Waals surface area contributed by atoms with E-state index in [9.17, 15) is 9.59 Å². The molecule has 0 spiro atoms. The van der Waals surface area contributed by atoms with Crippen molar-refractivity contribution in [3.63, 3.8) is 0 Å². The number of nitrogens with one attached hydrogen (secondary N) is 1. The second kappa shape index (κ2) is 9.88. The van der Waals surface area contributed by atoms with Crippen LogP contribution in [0.2, 0.25) is 0 Å². The lowest BCUT2D eigenvalue weighted by Crippen LogP contribution is -2.24. The van der Waals surface area contributed by atoms with Crippen LogP contribution in [0.3, 0.4) is 0 Å². The molecule has 1 aliphatic heterocycles. The fraction of sp³-hybridized carbons (Fsp3) is 0.304. The molecule has 0 unspecified atom stereocenters. The maximum atomic E-state index is 11.7. The van der Waals surface area contributed by atoms with Crippen molar-refractivity contribution in [1.82, 2.24) is 15.2 Å². The summed E-state index contributed by atoms with van der Waals surface area (Å²) in [6, 6.07) is 14.0. The Morgan fingerprint density at radius 1 is 1.23 bits per heavy atom. The molecule has 8 nitrogen and oxygen atoms in total. The number of nitrogens with zero attached hydrogens (tertiary/aromatic N) is 3. The number of aryl methyl sites for hydroxylation is 2. The maximum Gasteiger partial charge on any atom is 0.288 e. The Kier molecular flexibility index (Phi) is 7.02. The van der Waals surface area contributed by atoms with E-state index in [0.717, 1.165) is 29.8 Å². The molecule has 0 radical (unpaired) electrons. The van der Waals surface area contributed by atoms with Crippen LogP contribution >= 0.6 is 0 Å². The molecule has 31 heavy (non-hydrogen) atoms. The van der Waals surface area contributed by atoms with E-state index < -0.39 is 5.91 Å². The number of hydrogen-bond donors (Lipinski definition) is 2. The number of primary amides is 1. The number of anilines is 1. The summed E-state index contributed by atoms with van der Waals surface area (Å²) in [7, 11) is 3.46. The lowest BCUT2D eigenvalue weighted by molar-refractivity contribution is -0.118. The highest BCUT2D eigenvalue weighted by molar-refractivity contribution is 5.94. The molecular formula is C23H27N5O3. The number of rotatable bonds is 4. The van der Waals surface area contributed by atoms with E-state index in [-0.39, 0.29) is 11.7 Å². The first-order valence-electron chi connectivity index (χ1n) is 10.1. The number of hydrogen-bond acceptors (Lipinski definition) is 5. The van der Waals surface area contributed by atoms with Gasteiger partial charge in [-0.25, -0.2) is 4.98 Å². The summed E-state index contributed by atoms with van der Waals surface area (Å²) in [4.78, 5) is 28.2. The minimum atomic E-state index is -0.619. The molecule has 162 valence electrons. The van der Waals surface area contributed by atoms with Crippen LogP contribution in [0.15, 0.2) is 42.5 Å². The summed E-state index contributed by atoms with van der Waals surface area (Å²) in [5, 5.41) is 6.42. The van der Waals surface area contributed by atoms with Gasteiger partial charge in [0, 0.05) is 26.0 Å². The van der Waals surface area contributed by atoms with E-state index in [4.69, 9.17) is 10.5 Å². The number of benzene rings is 2. The number of H-pyrrole nitrogens is 1. The third-order valence-electron chi connectivity index (χ3n) is 5.07. The quantitative estimate of drug-likeness (QED) is 0.672. The van der Waals surface area contributed by atoms with E-state index in [1.807, 2.05) is 50.4 Å². The molecule has 0 atom stereocenters. The molecule has 0 fully saturated rings. The van der Waals surface area contributed by atoms with E-state index in [1.54, 1.807) is 12.0 Å². The molecule has 1 aliphatic rings. The number of methoxy groups -OCH3 is 1. The molecule has 2 aromatic carbocycles. The van der Waals surface area contributed by atoms with Gasteiger partial charge in [0.2, 0.25) is 11.7 Å². The maximum absolute atomic E-state index is 11.7. The normalized spacial score (nSPS) is 13.0. The Morgan fingerprint density at radius 2 is 2.03 bits per heavy atom. The Balaban J connectivity index is 0.000000176. The van der Waals surface area contributed by atoms with Crippen molar-refractivity contribution in [2.75, 3.05) is 19.1 Å². The molecule has 0 saturated carbocycles. The third kappa shape index (κ3) is 5.69. The first-order valence-corrected chi connectivity index (χ1v) is 10.1. The minimum absolute atomic E-state index is 0.0302. The molecule has 8 heteroatoms. The van der Waals surface area contributed by atoms with Crippen LogP contribution in [0.25, 0.3) is 0 Å². The van der Waals surface area contributed by atoms with Crippen molar-refractivity contribution >= 4 is 17.5 Å². The smallest absolute Gasteiger partial charge is 0.288 e. The van der Waals surface area contributed by atoms with Gasteiger partial charge in [0.25, 0.3) is 5.91 Å². The monoisotopic (exact) mass is 421 g/mol. The fourth-order valence-electron chi connectivity index (χ4n) is 3.43. The Bertz CT molecular complexity index is 1080. The van der Waals surface area contributed by atoms with Crippen LogP contribution in [-0.4, -0.2) is 41.2 Å². The van der Waals surface area contributed by atoms with Crippen molar-refractivity contribution in [1.29, 1.82) is 0 Å². The van der Waals surface area contributed by atoms with Gasteiger partial charge < -0.3 is 15.4 Å². The van der Waals surface area contributed by atoms with Crippen molar-refractivity contribution in [2.45, 2.75) is 32.6 Å². The largest absolute Gasteiger partial charge is 0.497 e. The van der Waals surface area contributed by atoms with Crippen LogP contribution < -0.4 is 15.4 Å². The molecule has 0 aliphatic carbocycles. The van der Waals surface area contributed by atoms with Crippen molar-refractivity contribution in [3.8, 4) is 5.75 Å². The topological polar surface area (TPSA) is 114 Å². The van der Waals surface area contributed by atoms with Crippen LogP contribution in [-0.2, 0) is 17.6 Å². The van der Waals surface area contributed by atoms with Gasteiger partial charge in [-0.2, -0.15) is 0 Å².